The van der Waals surface area contributed by atoms with Crippen LogP contribution in [0.3, 0.4) is 0 Å². The molecule has 0 aromatic carbocycles. The molecule has 0 heterocycles. The van der Waals surface area contributed by atoms with Gasteiger partial charge in [0.1, 0.15) is 0 Å². The van der Waals surface area contributed by atoms with Crippen molar-refractivity contribution in [3.05, 3.63) is 23.5 Å². The third kappa shape index (κ3) is 4.72. The van der Waals surface area contributed by atoms with Crippen molar-refractivity contribution in [2.45, 2.75) is 53.4 Å². The quantitative estimate of drug-likeness (QED) is 0.581. The van der Waals surface area contributed by atoms with Gasteiger partial charge in [-0.05, 0) is 25.7 Å². The van der Waals surface area contributed by atoms with Crippen LogP contribution in [-0.2, 0) is 9.59 Å². The summed E-state index contributed by atoms with van der Waals surface area (Å²) in [6, 6.07) is 0. The number of hydrogen-bond donors (Lipinski definition) is 0. The van der Waals surface area contributed by atoms with E-state index < -0.39 is 0 Å². The average Bonchev–Trinajstić information content (AvgIpc) is 2.49. The third-order valence-corrected chi connectivity index (χ3v) is 3.70. The summed E-state index contributed by atoms with van der Waals surface area (Å²) in [4.78, 5) is 29.1. The van der Waals surface area contributed by atoms with Crippen molar-refractivity contribution in [3.63, 3.8) is 0 Å². The van der Waals surface area contributed by atoms with E-state index in [0.29, 0.717) is 11.4 Å². The molecule has 0 N–H and O–H groups in total. The lowest BCUT2D eigenvalue weighted by atomic mass is 10.0. The Balaban J connectivity index is 2.97. The Bertz CT molecular complexity index is 398. The molecule has 1 aliphatic rings. The van der Waals surface area contributed by atoms with E-state index in [0.717, 1.165) is 51.9 Å². The number of hydrogen-bond acceptors (Lipinski definition) is 4. The van der Waals surface area contributed by atoms with Crippen LogP contribution in [0, 0.1) is 0 Å². The van der Waals surface area contributed by atoms with Crippen LogP contribution in [0.2, 0.25) is 0 Å². The van der Waals surface area contributed by atoms with E-state index in [1.807, 2.05) is 9.80 Å². The molecule has 0 saturated heterocycles. The molecule has 4 nitrogen and oxygen atoms in total. The molecule has 0 unspecified atom stereocenters. The van der Waals surface area contributed by atoms with E-state index in [9.17, 15) is 9.59 Å². The molecule has 0 atom stereocenters. The minimum atomic E-state index is -0.0336. The zero-order chi connectivity index (χ0) is 16.5. The molecule has 0 bridgehead atoms. The first-order valence-corrected chi connectivity index (χ1v) is 8.60. The van der Waals surface area contributed by atoms with Gasteiger partial charge in [-0.1, -0.05) is 27.7 Å². The van der Waals surface area contributed by atoms with Gasteiger partial charge in [-0.2, -0.15) is 0 Å². The van der Waals surface area contributed by atoms with Gasteiger partial charge in [0.25, 0.3) is 0 Å². The Morgan fingerprint density at radius 3 is 1.14 bits per heavy atom. The third-order valence-electron chi connectivity index (χ3n) is 3.70. The SMILES string of the molecule is CCCN(CCC)C1=CC(=O)C(N(CCC)CCC)=CC1=O. The molecule has 0 fully saturated rings. The first-order valence-electron chi connectivity index (χ1n) is 8.60. The zero-order valence-corrected chi connectivity index (χ0v) is 14.5. The second-order valence-electron chi connectivity index (χ2n) is 5.76. The number of nitrogens with zero attached hydrogens (tertiary/aromatic N) is 2. The van der Waals surface area contributed by atoms with Crippen molar-refractivity contribution in [2.24, 2.45) is 0 Å². The summed E-state index contributed by atoms with van der Waals surface area (Å²) in [5.74, 6) is -0.0672. The standard InChI is InChI=1S/C18H30N2O2/c1-5-9-19(10-6-2)15-13-18(22)16(14-17(15)21)20(11-7-3)12-8-4/h13-14H,5-12H2,1-4H3. The van der Waals surface area contributed by atoms with Gasteiger partial charge in [0.2, 0.25) is 11.6 Å². The van der Waals surface area contributed by atoms with Crippen LogP contribution in [0.5, 0.6) is 0 Å². The fourth-order valence-electron chi connectivity index (χ4n) is 2.82. The van der Waals surface area contributed by atoms with Crippen LogP contribution < -0.4 is 0 Å². The van der Waals surface area contributed by atoms with Crippen LogP contribution in [0.4, 0.5) is 0 Å². The smallest absolute Gasteiger partial charge is 0.204 e. The van der Waals surface area contributed by atoms with Gasteiger partial charge < -0.3 is 9.80 Å². The maximum Gasteiger partial charge on any atom is 0.204 e. The monoisotopic (exact) mass is 306 g/mol. The van der Waals surface area contributed by atoms with E-state index >= 15 is 0 Å². The van der Waals surface area contributed by atoms with Gasteiger partial charge in [0.05, 0.1) is 11.4 Å². The Labute approximate surface area is 134 Å². The predicted molar refractivity (Wildman–Crippen MR) is 90.5 cm³/mol. The normalized spacial score (nSPS) is 14.7. The molecule has 22 heavy (non-hydrogen) atoms. The number of rotatable bonds is 10. The number of carbonyl (C=O) groups excluding carboxylic acids is 2. The fourth-order valence-corrected chi connectivity index (χ4v) is 2.82. The summed E-state index contributed by atoms with van der Waals surface area (Å²) in [6.07, 6.45) is 6.95. The molecule has 4 heteroatoms. The summed E-state index contributed by atoms with van der Waals surface area (Å²) in [7, 11) is 0. The first kappa shape index (κ1) is 18.5. The topological polar surface area (TPSA) is 40.6 Å². The van der Waals surface area contributed by atoms with E-state index in [4.69, 9.17) is 0 Å². The van der Waals surface area contributed by atoms with E-state index in [1.54, 1.807) is 12.2 Å². The molecule has 1 aliphatic carbocycles. The molecular formula is C18H30N2O2. The van der Waals surface area contributed by atoms with E-state index in [2.05, 4.69) is 27.7 Å². The van der Waals surface area contributed by atoms with Gasteiger partial charge in [0, 0.05) is 38.3 Å². The number of carbonyl (C=O) groups is 2. The van der Waals surface area contributed by atoms with Crippen molar-refractivity contribution in [1.29, 1.82) is 0 Å². The summed E-state index contributed by atoms with van der Waals surface area (Å²) in [5.41, 5.74) is 1.12. The molecular weight excluding hydrogens is 276 g/mol. The summed E-state index contributed by atoms with van der Waals surface area (Å²) in [6.45, 7) is 11.6. The lowest BCUT2D eigenvalue weighted by Gasteiger charge is -2.30. The predicted octanol–water partition coefficient (Wildman–Crippen LogP) is 3.15. The summed E-state index contributed by atoms with van der Waals surface area (Å²) < 4.78 is 0. The van der Waals surface area contributed by atoms with Gasteiger partial charge in [0.15, 0.2) is 0 Å². The average molecular weight is 306 g/mol. The van der Waals surface area contributed by atoms with Crippen LogP contribution in [-0.4, -0.2) is 47.5 Å². The van der Waals surface area contributed by atoms with Crippen molar-refractivity contribution >= 4 is 11.6 Å². The second kappa shape index (κ2) is 9.44. The molecule has 0 spiro atoms. The summed E-state index contributed by atoms with van der Waals surface area (Å²) in [5, 5.41) is 0. The molecule has 0 saturated carbocycles. The number of ketones is 2. The highest BCUT2D eigenvalue weighted by Gasteiger charge is 2.26. The molecule has 1 rings (SSSR count). The highest BCUT2D eigenvalue weighted by Crippen LogP contribution is 2.19. The van der Waals surface area contributed by atoms with Gasteiger partial charge in [-0.25, -0.2) is 0 Å². The van der Waals surface area contributed by atoms with Gasteiger partial charge >= 0.3 is 0 Å². The Kier molecular flexibility index (Phi) is 7.92. The van der Waals surface area contributed by atoms with Crippen molar-refractivity contribution < 1.29 is 9.59 Å². The Hall–Kier alpha value is -1.58. The van der Waals surface area contributed by atoms with E-state index in [1.165, 1.54) is 0 Å². The highest BCUT2D eigenvalue weighted by molar-refractivity contribution is 6.19. The second-order valence-corrected chi connectivity index (χ2v) is 5.76. The van der Waals surface area contributed by atoms with Crippen molar-refractivity contribution in [3.8, 4) is 0 Å². The minimum absolute atomic E-state index is 0.0336. The maximum absolute atomic E-state index is 12.5. The lowest BCUT2D eigenvalue weighted by molar-refractivity contribution is -0.117. The van der Waals surface area contributed by atoms with Gasteiger partial charge in [-0.15, -0.1) is 0 Å². The van der Waals surface area contributed by atoms with Crippen molar-refractivity contribution in [2.75, 3.05) is 26.2 Å². The molecule has 0 amide bonds. The van der Waals surface area contributed by atoms with Crippen LogP contribution in [0.25, 0.3) is 0 Å². The molecule has 124 valence electrons. The molecule has 0 aromatic heterocycles. The lowest BCUT2D eigenvalue weighted by Crippen LogP contribution is -2.36. The van der Waals surface area contributed by atoms with Crippen LogP contribution >= 0.6 is 0 Å². The first-order chi connectivity index (χ1) is 10.6. The highest BCUT2D eigenvalue weighted by atomic mass is 16.1. The fraction of sp³-hybridized carbons (Fsp3) is 0.667. The molecule has 0 aromatic rings. The minimum Gasteiger partial charge on any atom is -0.368 e. The largest absolute Gasteiger partial charge is 0.368 e. The van der Waals surface area contributed by atoms with E-state index in [-0.39, 0.29) is 11.6 Å². The maximum atomic E-state index is 12.5. The zero-order valence-electron chi connectivity index (χ0n) is 14.5. The van der Waals surface area contributed by atoms with Crippen LogP contribution in [0.15, 0.2) is 23.5 Å². The van der Waals surface area contributed by atoms with Crippen molar-refractivity contribution in [1.82, 2.24) is 9.80 Å². The van der Waals surface area contributed by atoms with Crippen LogP contribution in [0.1, 0.15) is 53.4 Å². The summed E-state index contributed by atoms with van der Waals surface area (Å²) >= 11 is 0. The Morgan fingerprint density at radius 1 is 0.636 bits per heavy atom. The Morgan fingerprint density at radius 2 is 0.909 bits per heavy atom. The molecule has 0 radical (unpaired) electrons. The number of allylic oxidation sites excluding steroid dienone is 2. The molecule has 0 aliphatic heterocycles. The van der Waals surface area contributed by atoms with Gasteiger partial charge in [-0.3, -0.25) is 9.59 Å².